The van der Waals surface area contributed by atoms with E-state index in [0.29, 0.717) is 27.1 Å². The second-order valence-electron chi connectivity index (χ2n) is 7.64. The van der Waals surface area contributed by atoms with Gasteiger partial charge in [-0.25, -0.2) is 0 Å². The van der Waals surface area contributed by atoms with Gasteiger partial charge in [-0.3, -0.25) is 15.6 Å². The van der Waals surface area contributed by atoms with Gasteiger partial charge in [0.05, 0.1) is 26.9 Å². The van der Waals surface area contributed by atoms with E-state index < -0.39 is 17.6 Å². The molecular weight excluding hydrogens is 602 g/mol. The molecule has 4 aromatic rings. The van der Waals surface area contributed by atoms with Gasteiger partial charge in [-0.05, 0) is 66.0 Å². The van der Waals surface area contributed by atoms with Crippen molar-refractivity contribution in [3.05, 3.63) is 81.3 Å². The van der Waals surface area contributed by atoms with Crippen molar-refractivity contribution in [2.24, 2.45) is 0 Å². The molecule has 39 heavy (non-hydrogen) atoms. The van der Waals surface area contributed by atoms with E-state index in [2.05, 4.69) is 31.6 Å². The normalized spacial score (nSPS) is 11.1. The molecule has 1 amide bonds. The highest BCUT2D eigenvalue weighted by Crippen LogP contribution is 2.36. The summed E-state index contributed by atoms with van der Waals surface area (Å²) in [5.41, 5.74) is 4.12. The largest absolute Gasteiger partial charge is 0.455 e. The van der Waals surface area contributed by atoms with Crippen LogP contribution in [-0.2, 0) is 17.5 Å². The summed E-state index contributed by atoms with van der Waals surface area (Å²) >= 11 is 23.1. The summed E-state index contributed by atoms with van der Waals surface area (Å²) in [4.78, 5) is 13.4. The molecule has 0 radical (unpaired) electrons. The van der Waals surface area contributed by atoms with Crippen molar-refractivity contribution in [2.75, 3.05) is 5.32 Å². The monoisotopic (exact) mass is 615 g/mol. The molecule has 0 saturated carbocycles. The van der Waals surface area contributed by atoms with Crippen LogP contribution in [0.3, 0.4) is 0 Å². The number of alkyl halides is 3. The number of thiocarbonyl (C=S) groups is 1. The number of aromatic nitrogens is 4. The van der Waals surface area contributed by atoms with Gasteiger partial charge in [-0.2, -0.15) is 18.0 Å². The SMILES string of the molecule is O=C(Cn1nnc(-c2ccccc2Oc2ccc(Cl)cc2Cl)n1)NNC(=S)Nc1cc(C(F)(F)F)ccc1Cl. The number of carbonyl (C=O) groups excluding carboxylic acids is 1. The maximum Gasteiger partial charge on any atom is 0.416 e. The number of tetrazole rings is 1. The standard InChI is InChI=1S/C23H15Cl3F3N7O2S/c24-13-6-8-19(16(26)10-13)38-18-4-2-1-3-14(18)21-32-35-36(34-21)11-20(37)31-33-22(39)30-17-9-12(23(27,28)29)5-7-15(17)25/h1-10H,11H2,(H,31,37)(H2,30,33,39). The molecule has 0 atom stereocenters. The van der Waals surface area contributed by atoms with Crippen LogP contribution in [0.5, 0.6) is 11.5 Å². The zero-order valence-corrected chi connectivity index (χ0v) is 22.3. The predicted molar refractivity (Wildman–Crippen MR) is 144 cm³/mol. The van der Waals surface area contributed by atoms with Crippen molar-refractivity contribution in [3.63, 3.8) is 0 Å². The van der Waals surface area contributed by atoms with Crippen molar-refractivity contribution < 1.29 is 22.7 Å². The summed E-state index contributed by atoms with van der Waals surface area (Å²) in [5, 5.41) is 15.1. The average molecular weight is 617 g/mol. The molecule has 1 aromatic heterocycles. The second-order valence-corrected chi connectivity index (χ2v) is 9.30. The summed E-state index contributed by atoms with van der Waals surface area (Å²) in [6.45, 7) is -0.362. The molecule has 9 nitrogen and oxygen atoms in total. The van der Waals surface area contributed by atoms with E-state index in [0.717, 1.165) is 23.0 Å². The Bertz CT molecular complexity index is 1540. The Hall–Kier alpha value is -3.65. The van der Waals surface area contributed by atoms with Gasteiger partial charge in [0.1, 0.15) is 18.0 Å². The number of ether oxygens (including phenoxy) is 1. The third kappa shape index (κ3) is 7.47. The zero-order valence-electron chi connectivity index (χ0n) is 19.3. The number of anilines is 1. The Kier molecular flexibility index (Phi) is 8.75. The highest BCUT2D eigenvalue weighted by Gasteiger charge is 2.31. The lowest BCUT2D eigenvalue weighted by atomic mass is 10.2. The van der Waals surface area contributed by atoms with Crippen molar-refractivity contribution in [1.29, 1.82) is 0 Å². The molecule has 3 N–H and O–H groups in total. The topological polar surface area (TPSA) is 106 Å². The first-order chi connectivity index (χ1) is 18.5. The van der Waals surface area contributed by atoms with Crippen LogP contribution in [0.2, 0.25) is 15.1 Å². The zero-order chi connectivity index (χ0) is 28.2. The number of nitrogens with zero attached hydrogens (tertiary/aromatic N) is 4. The summed E-state index contributed by atoms with van der Waals surface area (Å²) in [6, 6.07) is 14.4. The molecule has 0 saturated heterocycles. The van der Waals surface area contributed by atoms with Crippen molar-refractivity contribution in [2.45, 2.75) is 12.7 Å². The molecular formula is C23H15Cl3F3N7O2S. The van der Waals surface area contributed by atoms with E-state index in [1.807, 2.05) is 0 Å². The van der Waals surface area contributed by atoms with Crippen LogP contribution in [0.4, 0.5) is 18.9 Å². The molecule has 0 aliphatic heterocycles. The Morgan fingerprint density at radius 3 is 2.49 bits per heavy atom. The van der Waals surface area contributed by atoms with Crippen molar-refractivity contribution in [3.8, 4) is 22.9 Å². The summed E-state index contributed by atoms with van der Waals surface area (Å²) < 4.78 is 44.7. The second kappa shape index (κ2) is 12.0. The minimum atomic E-state index is -4.57. The fraction of sp³-hybridized carbons (Fsp3) is 0.0870. The molecule has 0 fully saturated rings. The lowest BCUT2D eigenvalue weighted by molar-refractivity contribution is -0.137. The van der Waals surface area contributed by atoms with Crippen LogP contribution in [0.15, 0.2) is 60.7 Å². The third-order valence-electron chi connectivity index (χ3n) is 4.84. The van der Waals surface area contributed by atoms with Crippen LogP contribution >= 0.6 is 47.0 Å². The number of hydrazine groups is 1. The molecule has 4 rings (SSSR count). The molecule has 0 spiro atoms. The number of hydrogen-bond acceptors (Lipinski definition) is 6. The van der Waals surface area contributed by atoms with E-state index in [1.54, 1.807) is 36.4 Å². The molecule has 1 heterocycles. The molecule has 0 unspecified atom stereocenters. The lowest BCUT2D eigenvalue weighted by Crippen LogP contribution is -2.45. The van der Waals surface area contributed by atoms with Crippen LogP contribution in [0.1, 0.15) is 5.56 Å². The van der Waals surface area contributed by atoms with Gasteiger partial charge >= 0.3 is 6.18 Å². The maximum atomic E-state index is 12.9. The van der Waals surface area contributed by atoms with E-state index in [4.69, 9.17) is 51.8 Å². The first-order valence-electron chi connectivity index (χ1n) is 10.7. The summed E-state index contributed by atoms with van der Waals surface area (Å²) in [5.74, 6) is 0.294. The number of carbonyl (C=O) groups is 1. The van der Waals surface area contributed by atoms with Gasteiger partial charge in [-0.1, -0.05) is 46.9 Å². The van der Waals surface area contributed by atoms with Gasteiger partial charge in [-0.15, -0.1) is 10.2 Å². The highest BCUT2D eigenvalue weighted by atomic mass is 35.5. The number of benzene rings is 3. The molecule has 202 valence electrons. The fourth-order valence-electron chi connectivity index (χ4n) is 3.08. The van der Waals surface area contributed by atoms with Gasteiger partial charge in [0.15, 0.2) is 5.11 Å². The van der Waals surface area contributed by atoms with Crippen LogP contribution in [0, 0.1) is 0 Å². The van der Waals surface area contributed by atoms with Crippen LogP contribution < -0.4 is 20.9 Å². The highest BCUT2D eigenvalue weighted by molar-refractivity contribution is 7.80. The number of hydrogen-bond donors (Lipinski definition) is 3. The predicted octanol–water partition coefficient (Wildman–Crippen LogP) is 6.13. The van der Waals surface area contributed by atoms with E-state index in [9.17, 15) is 18.0 Å². The van der Waals surface area contributed by atoms with E-state index in [-0.39, 0.29) is 28.2 Å². The average Bonchev–Trinajstić information content (AvgIpc) is 3.33. The fourth-order valence-corrected chi connectivity index (χ4v) is 3.85. The molecule has 0 aliphatic rings. The minimum Gasteiger partial charge on any atom is -0.455 e. The van der Waals surface area contributed by atoms with Gasteiger partial charge in [0.25, 0.3) is 5.91 Å². The first-order valence-corrected chi connectivity index (χ1v) is 12.3. The van der Waals surface area contributed by atoms with Gasteiger partial charge in [0.2, 0.25) is 5.82 Å². The van der Waals surface area contributed by atoms with Crippen molar-refractivity contribution >= 4 is 63.7 Å². The molecule has 3 aromatic carbocycles. The van der Waals surface area contributed by atoms with Crippen LogP contribution in [-0.4, -0.2) is 31.2 Å². The summed E-state index contributed by atoms with van der Waals surface area (Å²) in [7, 11) is 0. The molecule has 16 heteroatoms. The van der Waals surface area contributed by atoms with Gasteiger partial charge < -0.3 is 10.1 Å². The Labute approximate surface area is 239 Å². The minimum absolute atomic E-state index is 0.000385. The quantitative estimate of drug-likeness (QED) is 0.176. The number of para-hydroxylation sites is 1. The number of rotatable bonds is 6. The maximum absolute atomic E-state index is 12.9. The Balaban J connectivity index is 1.36. The molecule has 0 aliphatic carbocycles. The number of amides is 1. The molecule has 0 bridgehead atoms. The third-order valence-corrected chi connectivity index (χ3v) is 5.90. The van der Waals surface area contributed by atoms with E-state index in [1.165, 1.54) is 6.07 Å². The van der Waals surface area contributed by atoms with Crippen LogP contribution in [0.25, 0.3) is 11.4 Å². The Morgan fingerprint density at radius 1 is 0.974 bits per heavy atom. The number of halogens is 6. The van der Waals surface area contributed by atoms with E-state index >= 15 is 0 Å². The smallest absolute Gasteiger partial charge is 0.416 e. The summed E-state index contributed by atoms with van der Waals surface area (Å²) in [6.07, 6.45) is -4.57. The Morgan fingerprint density at radius 2 is 1.74 bits per heavy atom. The first kappa shape index (κ1) is 28.4. The van der Waals surface area contributed by atoms with Crippen molar-refractivity contribution in [1.82, 2.24) is 31.1 Å². The lowest BCUT2D eigenvalue weighted by Gasteiger charge is -2.14. The number of nitrogens with one attached hydrogen (secondary N) is 3. The van der Waals surface area contributed by atoms with Gasteiger partial charge in [0, 0.05) is 5.02 Å².